The second-order valence-corrected chi connectivity index (χ2v) is 12.4. The summed E-state index contributed by atoms with van der Waals surface area (Å²) in [6, 6.07) is 9.98. The molecule has 6 atom stereocenters. The summed E-state index contributed by atoms with van der Waals surface area (Å²) in [5.74, 6) is 1.28. The zero-order valence-corrected chi connectivity index (χ0v) is 27.4. The van der Waals surface area contributed by atoms with Crippen molar-refractivity contribution in [2.24, 2.45) is 17.8 Å². The third-order valence-electron chi connectivity index (χ3n) is 10.2. The molecule has 2 aliphatic heterocycles. The summed E-state index contributed by atoms with van der Waals surface area (Å²) in [4.78, 5) is 32.9. The van der Waals surface area contributed by atoms with E-state index in [1.54, 1.807) is 35.5 Å². The van der Waals surface area contributed by atoms with Crippen LogP contribution in [0.2, 0.25) is 0 Å². The Morgan fingerprint density at radius 1 is 0.935 bits per heavy atom. The van der Waals surface area contributed by atoms with Gasteiger partial charge in [-0.15, -0.1) is 0 Å². The number of esters is 2. The van der Waals surface area contributed by atoms with E-state index < -0.39 is 18.1 Å². The van der Waals surface area contributed by atoms with Crippen molar-refractivity contribution in [1.29, 1.82) is 0 Å². The van der Waals surface area contributed by atoms with Gasteiger partial charge in [0.15, 0.2) is 11.5 Å². The number of aryl methyl sites for hydroxylation is 1. The minimum atomic E-state index is -0.611. The molecule has 0 radical (unpaired) electrons. The van der Waals surface area contributed by atoms with Gasteiger partial charge in [0.2, 0.25) is 5.75 Å². The number of H-pyrrole nitrogens is 1. The van der Waals surface area contributed by atoms with E-state index >= 15 is 0 Å². The Labute approximate surface area is 269 Å². The topological polar surface area (TPSA) is 118 Å². The van der Waals surface area contributed by atoms with Crippen LogP contribution in [0.3, 0.4) is 0 Å². The Kier molecular flexibility index (Phi) is 9.33. The van der Waals surface area contributed by atoms with E-state index in [9.17, 15) is 9.59 Å². The Morgan fingerprint density at radius 3 is 2.35 bits per heavy atom. The Balaban J connectivity index is 1.20. The van der Waals surface area contributed by atoms with Crippen molar-refractivity contribution in [2.45, 2.75) is 50.4 Å². The van der Waals surface area contributed by atoms with Gasteiger partial charge in [-0.3, -0.25) is 14.5 Å². The molecule has 1 aliphatic carbocycles. The van der Waals surface area contributed by atoms with Crippen LogP contribution in [0.4, 0.5) is 0 Å². The highest BCUT2D eigenvalue weighted by molar-refractivity contribution is 5.86. The number of carbonyl (C=O) groups excluding carboxylic acids is 2. The molecule has 248 valence electrons. The van der Waals surface area contributed by atoms with E-state index in [4.69, 9.17) is 33.2 Å². The summed E-state index contributed by atoms with van der Waals surface area (Å²) in [5.41, 5.74) is 4.47. The molecule has 0 amide bonds. The lowest BCUT2D eigenvalue weighted by molar-refractivity contribution is -0.189. The molecule has 3 aromatic rings. The number of benzene rings is 2. The molecule has 3 heterocycles. The number of ether oxygens (including phenoxy) is 7. The number of fused-ring (bicyclic) bond motifs is 6. The van der Waals surface area contributed by atoms with Crippen LogP contribution in [0.5, 0.6) is 23.0 Å². The van der Waals surface area contributed by atoms with Crippen molar-refractivity contribution in [3.63, 3.8) is 0 Å². The number of piperidine rings is 1. The predicted octanol–water partition coefficient (Wildman–Crippen LogP) is 4.49. The molecule has 0 bridgehead atoms. The molecular formula is C35H44N2O9. The van der Waals surface area contributed by atoms with Crippen LogP contribution in [0.15, 0.2) is 30.3 Å². The molecule has 1 N–H and O–H groups in total. The van der Waals surface area contributed by atoms with Crippen LogP contribution in [-0.2, 0) is 36.6 Å². The van der Waals surface area contributed by atoms with Gasteiger partial charge in [-0.1, -0.05) is 0 Å². The van der Waals surface area contributed by atoms with Crippen molar-refractivity contribution >= 4 is 22.8 Å². The van der Waals surface area contributed by atoms with Gasteiger partial charge in [0.25, 0.3) is 0 Å². The van der Waals surface area contributed by atoms with Gasteiger partial charge >= 0.3 is 11.9 Å². The lowest BCUT2D eigenvalue weighted by Gasteiger charge is -2.52. The van der Waals surface area contributed by atoms with Crippen molar-refractivity contribution in [3.05, 3.63) is 47.2 Å². The van der Waals surface area contributed by atoms with Gasteiger partial charge in [0, 0.05) is 49.3 Å². The minimum Gasteiger partial charge on any atom is -0.497 e. The summed E-state index contributed by atoms with van der Waals surface area (Å²) in [6.45, 7) is 1.73. The minimum absolute atomic E-state index is 0.0136. The lowest BCUT2D eigenvalue weighted by atomic mass is 9.63. The fourth-order valence-electron chi connectivity index (χ4n) is 8.11. The highest BCUT2D eigenvalue weighted by Crippen LogP contribution is 2.50. The molecule has 11 nitrogen and oxygen atoms in total. The van der Waals surface area contributed by atoms with E-state index in [0.717, 1.165) is 42.8 Å². The van der Waals surface area contributed by atoms with Crippen LogP contribution in [-0.4, -0.2) is 89.8 Å². The van der Waals surface area contributed by atoms with Crippen LogP contribution in [0.1, 0.15) is 42.1 Å². The number of hydrogen-bond acceptors (Lipinski definition) is 10. The van der Waals surface area contributed by atoms with E-state index in [0.29, 0.717) is 30.1 Å². The fourth-order valence-corrected chi connectivity index (χ4v) is 8.11. The first-order valence-electron chi connectivity index (χ1n) is 15.8. The normalized spacial score (nSPS) is 25.5. The van der Waals surface area contributed by atoms with Crippen LogP contribution in [0.25, 0.3) is 10.9 Å². The summed E-state index contributed by atoms with van der Waals surface area (Å²) in [5, 5.41) is 1.22. The van der Waals surface area contributed by atoms with Crippen LogP contribution < -0.4 is 18.9 Å². The van der Waals surface area contributed by atoms with Gasteiger partial charge in [0.05, 0.1) is 47.5 Å². The van der Waals surface area contributed by atoms with Crippen molar-refractivity contribution in [1.82, 2.24) is 9.88 Å². The highest BCUT2D eigenvalue weighted by Gasteiger charge is 2.54. The predicted molar refractivity (Wildman–Crippen MR) is 170 cm³/mol. The summed E-state index contributed by atoms with van der Waals surface area (Å²) >= 11 is 0. The SMILES string of the molecule is COC(=O)C1C2CC3c4[nH]c5cc(OC)ccc5c4CCN3CC2CC(OC(=O)CCc2cc(OC)c(OC)c(OC)c2)C1OC. The number of rotatable bonds is 10. The molecule has 1 aromatic heterocycles. The molecule has 6 unspecified atom stereocenters. The molecule has 46 heavy (non-hydrogen) atoms. The van der Waals surface area contributed by atoms with Gasteiger partial charge in [-0.05, 0) is 72.9 Å². The first-order chi connectivity index (χ1) is 22.3. The summed E-state index contributed by atoms with van der Waals surface area (Å²) in [6.07, 6.45) is 1.72. The van der Waals surface area contributed by atoms with Crippen molar-refractivity contribution in [2.75, 3.05) is 55.7 Å². The largest absolute Gasteiger partial charge is 0.497 e. The van der Waals surface area contributed by atoms with Crippen LogP contribution in [0, 0.1) is 17.8 Å². The van der Waals surface area contributed by atoms with E-state index in [1.165, 1.54) is 23.8 Å². The zero-order chi connectivity index (χ0) is 32.5. The Hall–Kier alpha value is -3.96. The maximum Gasteiger partial charge on any atom is 0.311 e. The number of hydrogen-bond donors (Lipinski definition) is 1. The molecule has 3 aliphatic rings. The van der Waals surface area contributed by atoms with Crippen molar-refractivity contribution < 1.29 is 42.7 Å². The molecule has 6 rings (SSSR count). The number of nitrogens with zero attached hydrogens (tertiary/aromatic N) is 1. The second-order valence-electron chi connectivity index (χ2n) is 12.4. The monoisotopic (exact) mass is 636 g/mol. The second kappa shape index (κ2) is 13.4. The molecule has 1 saturated heterocycles. The van der Waals surface area contributed by atoms with Crippen LogP contribution >= 0.6 is 0 Å². The molecular weight excluding hydrogens is 592 g/mol. The number of aromatic nitrogens is 1. The average Bonchev–Trinajstić information content (AvgIpc) is 3.46. The molecule has 2 fully saturated rings. The quantitative estimate of drug-likeness (QED) is 0.319. The van der Waals surface area contributed by atoms with Gasteiger partial charge in [-0.2, -0.15) is 0 Å². The zero-order valence-electron chi connectivity index (χ0n) is 27.4. The lowest BCUT2D eigenvalue weighted by Crippen LogP contribution is -2.58. The summed E-state index contributed by atoms with van der Waals surface area (Å²) in [7, 11) is 9.33. The van der Waals surface area contributed by atoms with Gasteiger partial charge in [-0.25, -0.2) is 0 Å². The maximum atomic E-state index is 13.4. The molecule has 1 saturated carbocycles. The molecule has 0 spiro atoms. The standard InChI is InChI=1S/C35H44N2O9/c1-40-21-8-9-22-23-11-12-37-18-20-15-29(46-30(38)10-7-19-13-27(41-2)33(43-4)28(14-19)42-3)34(44-5)31(35(39)45-6)24(20)17-26(37)32(23)36-25(22)16-21/h8-9,13-14,16,20,24,26,29,31,34,36H,7,10-12,15,17-18H2,1-6H3. The number of nitrogens with one attached hydrogen (secondary N) is 1. The smallest absolute Gasteiger partial charge is 0.311 e. The molecule has 2 aromatic carbocycles. The van der Waals surface area contributed by atoms with E-state index in [2.05, 4.69) is 16.0 Å². The number of aromatic amines is 1. The number of methoxy groups -OCH3 is 6. The fraction of sp³-hybridized carbons (Fsp3) is 0.543. The van der Waals surface area contributed by atoms with E-state index in [-0.39, 0.29) is 36.2 Å². The Morgan fingerprint density at radius 2 is 1.70 bits per heavy atom. The van der Waals surface area contributed by atoms with Gasteiger partial charge in [0.1, 0.15) is 18.0 Å². The number of carbonyl (C=O) groups is 2. The Bertz CT molecular complexity index is 1560. The van der Waals surface area contributed by atoms with Gasteiger partial charge < -0.3 is 38.1 Å². The third kappa shape index (κ3) is 5.75. The van der Waals surface area contributed by atoms with E-state index in [1.807, 2.05) is 24.3 Å². The highest BCUT2D eigenvalue weighted by atomic mass is 16.6. The first-order valence-corrected chi connectivity index (χ1v) is 15.8. The first kappa shape index (κ1) is 32.0. The average molecular weight is 637 g/mol. The maximum absolute atomic E-state index is 13.4. The van der Waals surface area contributed by atoms with Crippen molar-refractivity contribution in [3.8, 4) is 23.0 Å². The molecule has 11 heteroatoms. The third-order valence-corrected chi connectivity index (χ3v) is 10.2. The summed E-state index contributed by atoms with van der Waals surface area (Å²) < 4.78 is 39.2.